The van der Waals surface area contributed by atoms with Gasteiger partial charge in [0.2, 0.25) is 10.0 Å². The van der Waals surface area contributed by atoms with Gasteiger partial charge < -0.3 is 0 Å². The number of para-hydroxylation sites is 1. The number of hydrazone groups is 1. The number of hydrogen-bond acceptors (Lipinski definition) is 4. The molecule has 0 bridgehead atoms. The van der Waals surface area contributed by atoms with Crippen LogP contribution in [0.1, 0.15) is 38.8 Å². The van der Waals surface area contributed by atoms with Crippen molar-refractivity contribution in [3.05, 3.63) is 64.7 Å². The van der Waals surface area contributed by atoms with Gasteiger partial charge in [0.05, 0.1) is 22.7 Å². The minimum absolute atomic E-state index is 0.0472. The van der Waals surface area contributed by atoms with Gasteiger partial charge in [-0.3, -0.25) is 9.10 Å². The first kappa shape index (κ1) is 22.9. The number of nitrogens with zero attached hydrogens (tertiary/aromatic N) is 2. The van der Waals surface area contributed by atoms with E-state index in [9.17, 15) is 13.2 Å². The van der Waals surface area contributed by atoms with Crippen LogP contribution in [0.4, 0.5) is 5.69 Å². The van der Waals surface area contributed by atoms with Crippen molar-refractivity contribution in [2.24, 2.45) is 5.10 Å². The maximum atomic E-state index is 12.3. The zero-order chi connectivity index (χ0) is 21.8. The molecule has 0 fully saturated rings. The lowest BCUT2D eigenvalue weighted by Gasteiger charge is -2.22. The Bertz CT molecular complexity index is 1010. The van der Waals surface area contributed by atoms with Crippen molar-refractivity contribution in [3.8, 4) is 0 Å². The number of amides is 1. The zero-order valence-corrected chi connectivity index (χ0v) is 18.8. The molecule has 0 heterocycles. The van der Waals surface area contributed by atoms with Gasteiger partial charge >= 0.3 is 0 Å². The van der Waals surface area contributed by atoms with E-state index >= 15 is 0 Å². The van der Waals surface area contributed by atoms with Crippen LogP contribution in [0, 0.1) is 0 Å². The maximum absolute atomic E-state index is 12.3. The molecule has 0 saturated carbocycles. The Kier molecular flexibility index (Phi) is 7.08. The van der Waals surface area contributed by atoms with Crippen molar-refractivity contribution < 1.29 is 13.2 Å². The number of carbonyl (C=O) groups excluding carboxylic acids is 1. The molecule has 0 aliphatic rings. The zero-order valence-electron chi connectivity index (χ0n) is 17.2. The molecule has 0 spiro atoms. The van der Waals surface area contributed by atoms with E-state index in [0.717, 1.165) is 16.1 Å². The number of benzene rings is 2. The highest BCUT2D eigenvalue weighted by molar-refractivity contribution is 7.92. The molecule has 0 unspecified atom stereocenters. The summed E-state index contributed by atoms with van der Waals surface area (Å²) in [7, 11) is -3.71. The Labute approximate surface area is 177 Å². The number of hydrogen-bond donors (Lipinski definition) is 1. The molecule has 0 atom stereocenters. The lowest BCUT2D eigenvalue weighted by molar-refractivity contribution is -0.119. The fraction of sp³-hybridized carbons (Fsp3) is 0.333. The molecule has 2 aromatic carbocycles. The topological polar surface area (TPSA) is 78.8 Å². The number of sulfonamides is 1. The molecule has 0 aliphatic heterocycles. The first-order valence-corrected chi connectivity index (χ1v) is 11.3. The van der Waals surface area contributed by atoms with E-state index in [-0.39, 0.29) is 16.1 Å². The Morgan fingerprint density at radius 3 is 2.21 bits per heavy atom. The Hall–Kier alpha value is -2.38. The normalized spacial score (nSPS) is 12.6. The minimum atomic E-state index is -3.71. The molecule has 6 nitrogen and oxygen atoms in total. The predicted molar refractivity (Wildman–Crippen MR) is 119 cm³/mol. The second-order valence-corrected chi connectivity index (χ2v) is 10.1. The standard InChI is InChI=1S/C21H26ClN3O3S/c1-15(16-10-12-17(13-11-16)21(2,3)4)23-24-20(26)14-25(29(5,27)28)19-9-7-6-8-18(19)22/h6-13H,14H2,1-5H3,(H,24,26)/b23-15-. The van der Waals surface area contributed by atoms with Gasteiger partial charge in [0.15, 0.2) is 0 Å². The molecule has 1 N–H and O–H groups in total. The SMILES string of the molecule is C/C(=N/NC(=O)CN(c1ccccc1Cl)S(C)(=O)=O)c1ccc(C(C)(C)C)cc1. The van der Waals surface area contributed by atoms with Gasteiger partial charge in [-0.05, 0) is 35.6 Å². The number of carbonyl (C=O) groups is 1. The molecule has 0 aliphatic carbocycles. The highest BCUT2D eigenvalue weighted by atomic mass is 35.5. The molecule has 1 amide bonds. The Morgan fingerprint density at radius 2 is 1.69 bits per heavy atom. The van der Waals surface area contributed by atoms with Crippen LogP contribution in [0.15, 0.2) is 53.6 Å². The molecule has 29 heavy (non-hydrogen) atoms. The molecule has 0 radical (unpaired) electrons. The van der Waals surface area contributed by atoms with E-state index in [1.165, 1.54) is 5.56 Å². The van der Waals surface area contributed by atoms with E-state index in [2.05, 4.69) is 31.3 Å². The van der Waals surface area contributed by atoms with Crippen LogP contribution in [-0.2, 0) is 20.2 Å². The molecule has 2 rings (SSSR count). The van der Waals surface area contributed by atoms with E-state index in [0.29, 0.717) is 5.71 Å². The maximum Gasteiger partial charge on any atom is 0.260 e. The van der Waals surface area contributed by atoms with Crippen LogP contribution < -0.4 is 9.73 Å². The predicted octanol–water partition coefficient (Wildman–Crippen LogP) is 3.94. The van der Waals surface area contributed by atoms with E-state index in [1.54, 1.807) is 31.2 Å². The fourth-order valence-corrected chi connectivity index (χ4v) is 3.78. The van der Waals surface area contributed by atoms with Crippen LogP contribution >= 0.6 is 11.6 Å². The average Bonchev–Trinajstić information content (AvgIpc) is 2.63. The third-order valence-corrected chi connectivity index (χ3v) is 5.77. The molecular weight excluding hydrogens is 410 g/mol. The summed E-state index contributed by atoms with van der Waals surface area (Å²) in [4.78, 5) is 12.3. The molecule has 0 saturated heterocycles. The first-order chi connectivity index (χ1) is 13.4. The van der Waals surface area contributed by atoms with Gasteiger partial charge in [0.25, 0.3) is 5.91 Å². The third-order valence-electron chi connectivity index (χ3n) is 4.33. The summed E-state index contributed by atoms with van der Waals surface area (Å²) in [6.07, 6.45) is 1.02. The van der Waals surface area contributed by atoms with Gasteiger partial charge in [0.1, 0.15) is 6.54 Å². The van der Waals surface area contributed by atoms with Crippen molar-refractivity contribution in [1.29, 1.82) is 0 Å². The number of rotatable bonds is 6. The summed E-state index contributed by atoms with van der Waals surface area (Å²) in [6, 6.07) is 14.4. The lowest BCUT2D eigenvalue weighted by Crippen LogP contribution is -2.39. The number of nitrogens with one attached hydrogen (secondary N) is 1. The molecule has 8 heteroatoms. The van der Waals surface area contributed by atoms with Crippen molar-refractivity contribution in [2.45, 2.75) is 33.1 Å². The molecule has 0 aromatic heterocycles. The van der Waals surface area contributed by atoms with Gasteiger partial charge in [-0.2, -0.15) is 5.10 Å². The second kappa shape index (κ2) is 8.97. The van der Waals surface area contributed by atoms with Crippen LogP contribution in [0.2, 0.25) is 5.02 Å². The van der Waals surface area contributed by atoms with Gasteiger partial charge in [-0.25, -0.2) is 13.8 Å². The summed E-state index contributed by atoms with van der Waals surface area (Å²) >= 11 is 6.10. The highest BCUT2D eigenvalue weighted by Crippen LogP contribution is 2.27. The summed E-state index contributed by atoms with van der Waals surface area (Å²) in [5, 5.41) is 4.34. The van der Waals surface area contributed by atoms with Crippen molar-refractivity contribution in [1.82, 2.24) is 5.43 Å². The number of halogens is 1. The fourth-order valence-electron chi connectivity index (χ4n) is 2.62. The Balaban J connectivity index is 2.13. The third kappa shape index (κ3) is 6.30. The largest absolute Gasteiger partial charge is 0.271 e. The first-order valence-electron chi connectivity index (χ1n) is 9.06. The van der Waals surface area contributed by atoms with Crippen molar-refractivity contribution in [3.63, 3.8) is 0 Å². The van der Waals surface area contributed by atoms with E-state index < -0.39 is 22.5 Å². The highest BCUT2D eigenvalue weighted by Gasteiger charge is 2.22. The minimum Gasteiger partial charge on any atom is -0.271 e. The lowest BCUT2D eigenvalue weighted by atomic mass is 9.86. The van der Waals surface area contributed by atoms with Crippen LogP contribution in [0.25, 0.3) is 0 Å². The molecule has 156 valence electrons. The monoisotopic (exact) mass is 435 g/mol. The van der Waals surface area contributed by atoms with E-state index in [4.69, 9.17) is 11.6 Å². The van der Waals surface area contributed by atoms with Crippen LogP contribution in [0.3, 0.4) is 0 Å². The summed E-state index contributed by atoms with van der Waals surface area (Å²) < 4.78 is 25.2. The number of anilines is 1. The second-order valence-electron chi connectivity index (χ2n) is 7.78. The summed E-state index contributed by atoms with van der Waals surface area (Å²) in [6.45, 7) is 7.75. The quantitative estimate of drug-likeness (QED) is 0.551. The van der Waals surface area contributed by atoms with Gasteiger partial charge in [-0.15, -0.1) is 0 Å². The van der Waals surface area contributed by atoms with Crippen LogP contribution in [-0.4, -0.2) is 32.8 Å². The van der Waals surface area contributed by atoms with Gasteiger partial charge in [0, 0.05) is 0 Å². The van der Waals surface area contributed by atoms with Crippen LogP contribution in [0.5, 0.6) is 0 Å². The average molecular weight is 436 g/mol. The smallest absolute Gasteiger partial charge is 0.260 e. The van der Waals surface area contributed by atoms with Crippen molar-refractivity contribution in [2.75, 3.05) is 17.1 Å². The van der Waals surface area contributed by atoms with Crippen molar-refractivity contribution >= 4 is 38.9 Å². The summed E-state index contributed by atoms with van der Waals surface area (Å²) in [5.74, 6) is -0.569. The summed E-state index contributed by atoms with van der Waals surface area (Å²) in [5.41, 5.74) is 5.38. The molecular formula is C21H26ClN3O3S. The van der Waals surface area contributed by atoms with Gasteiger partial charge in [-0.1, -0.05) is 68.8 Å². The Morgan fingerprint density at radius 1 is 1.10 bits per heavy atom. The molecule has 2 aromatic rings. The van der Waals surface area contributed by atoms with E-state index in [1.807, 2.05) is 24.3 Å².